The third-order valence-corrected chi connectivity index (χ3v) is 6.30. The van der Waals surface area contributed by atoms with Gasteiger partial charge in [-0.15, -0.1) is 0 Å². The van der Waals surface area contributed by atoms with Crippen molar-refractivity contribution < 1.29 is 9.59 Å². The second-order valence-corrected chi connectivity index (χ2v) is 9.36. The Balaban J connectivity index is 1.97. The first-order chi connectivity index (χ1) is 18.5. The monoisotopic (exact) mass is 514 g/mol. The Morgan fingerprint density at radius 2 is 0.737 bits per heavy atom. The van der Waals surface area contributed by atoms with Crippen molar-refractivity contribution in [1.82, 2.24) is 0 Å². The van der Waals surface area contributed by atoms with E-state index in [-0.39, 0.29) is 12.1 Å². The zero-order valence-electron chi connectivity index (χ0n) is 23.3. The standard InChI is InChI=1S/C32H42N4O2/c1-5-22-33(27-16-11-9-12-17-27)31(37)35(24-7-3)29-20-15-21-30(26-29)36(25-8-4)32(38)34(23-6-2)28-18-13-10-14-19-28/h9-21,26H,5-8,22-25H2,1-4H3. The van der Waals surface area contributed by atoms with Crippen LogP contribution >= 0.6 is 0 Å². The van der Waals surface area contributed by atoms with Crippen LogP contribution in [0.4, 0.5) is 32.3 Å². The van der Waals surface area contributed by atoms with E-state index < -0.39 is 0 Å². The molecule has 4 amide bonds. The predicted molar refractivity (Wildman–Crippen MR) is 161 cm³/mol. The highest BCUT2D eigenvalue weighted by Gasteiger charge is 2.26. The van der Waals surface area contributed by atoms with Crippen LogP contribution in [0.2, 0.25) is 0 Å². The van der Waals surface area contributed by atoms with Gasteiger partial charge in [0, 0.05) is 48.9 Å². The summed E-state index contributed by atoms with van der Waals surface area (Å²) in [5, 5.41) is 0. The van der Waals surface area contributed by atoms with Gasteiger partial charge in [0.2, 0.25) is 0 Å². The van der Waals surface area contributed by atoms with Crippen LogP contribution in [-0.2, 0) is 0 Å². The normalized spacial score (nSPS) is 10.6. The summed E-state index contributed by atoms with van der Waals surface area (Å²) in [6.45, 7) is 10.7. The minimum Gasteiger partial charge on any atom is -0.294 e. The molecule has 0 radical (unpaired) electrons. The quantitative estimate of drug-likeness (QED) is 0.245. The van der Waals surface area contributed by atoms with Crippen molar-refractivity contribution >= 4 is 34.8 Å². The molecule has 0 saturated carbocycles. The SMILES string of the molecule is CCCN(C(=O)N(CCC)c1cccc(N(CCC)C(=O)N(CCC)c2ccccc2)c1)c1ccccc1. The van der Waals surface area contributed by atoms with E-state index in [1.165, 1.54) is 0 Å². The van der Waals surface area contributed by atoms with Crippen molar-refractivity contribution in [2.75, 3.05) is 45.8 Å². The number of hydrogen-bond acceptors (Lipinski definition) is 2. The smallest absolute Gasteiger partial charge is 0.294 e. The first-order valence-corrected chi connectivity index (χ1v) is 13.9. The summed E-state index contributed by atoms with van der Waals surface area (Å²) in [6, 6.07) is 27.4. The first-order valence-electron chi connectivity index (χ1n) is 13.9. The molecule has 3 rings (SSSR count). The van der Waals surface area contributed by atoms with E-state index in [9.17, 15) is 9.59 Å². The molecule has 6 heteroatoms. The molecule has 0 aromatic heterocycles. The van der Waals surface area contributed by atoms with Crippen LogP contribution in [0, 0.1) is 0 Å². The third-order valence-electron chi connectivity index (χ3n) is 6.30. The van der Waals surface area contributed by atoms with E-state index in [0.29, 0.717) is 26.2 Å². The number of carbonyl (C=O) groups excluding carboxylic acids is 2. The summed E-state index contributed by atoms with van der Waals surface area (Å²) >= 11 is 0. The van der Waals surface area contributed by atoms with Crippen molar-refractivity contribution in [2.24, 2.45) is 0 Å². The number of rotatable bonds is 12. The molecule has 0 atom stereocenters. The molecule has 3 aromatic carbocycles. The Bertz CT molecular complexity index is 1050. The predicted octanol–water partition coefficient (Wildman–Crippen LogP) is 8.19. The molecule has 0 spiro atoms. The Morgan fingerprint density at radius 3 is 1.05 bits per heavy atom. The van der Waals surface area contributed by atoms with Crippen LogP contribution in [0.15, 0.2) is 84.9 Å². The van der Waals surface area contributed by atoms with Gasteiger partial charge < -0.3 is 0 Å². The average Bonchev–Trinajstić information content (AvgIpc) is 2.96. The van der Waals surface area contributed by atoms with Gasteiger partial charge in [-0.05, 0) is 68.1 Å². The molecule has 0 aliphatic carbocycles. The van der Waals surface area contributed by atoms with Crippen LogP contribution in [-0.4, -0.2) is 38.2 Å². The van der Waals surface area contributed by atoms with Gasteiger partial charge >= 0.3 is 12.1 Å². The van der Waals surface area contributed by atoms with Crippen molar-refractivity contribution in [3.63, 3.8) is 0 Å². The summed E-state index contributed by atoms with van der Waals surface area (Å²) < 4.78 is 0. The van der Waals surface area contributed by atoms with E-state index in [1.54, 1.807) is 0 Å². The number of carbonyl (C=O) groups is 2. The third kappa shape index (κ3) is 7.15. The zero-order valence-corrected chi connectivity index (χ0v) is 23.3. The zero-order chi connectivity index (χ0) is 27.3. The fraction of sp³-hybridized carbons (Fsp3) is 0.375. The van der Waals surface area contributed by atoms with Crippen LogP contribution in [0.5, 0.6) is 0 Å². The largest absolute Gasteiger partial charge is 0.328 e. The number of para-hydroxylation sites is 2. The lowest BCUT2D eigenvalue weighted by Gasteiger charge is -2.33. The second kappa shape index (κ2) is 14.8. The van der Waals surface area contributed by atoms with Gasteiger partial charge in [-0.1, -0.05) is 70.2 Å². The van der Waals surface area contributed by atoms with Crippen molar-refractivity contribution in [1.29, 1.82) is 0 Å². The molecule has 202 valence electrons. The van der Waals surface area contributed by atoms with Gasteiger partial charge in [-0.3, -0.25) is 19.6 Å². The molecule has 0 saturated heterocycles. The summed E-state index contributed by atoms with van der Waals surface area (Å²) in [4.78, 5) is 35.2. The summed E-state index contributed by atoms with van der Waals surface area (Å²) in [7, 11) is 0. The van der Waals surface area contributed by atoms with Crippen molar-refractivity contribution in [3.8, 4) is 0 Å². The Kier molecular flexibility index (Phi) is 11.2. The van der Waals surface area contributed by atoms with E-state index in [1.807, 2.05) is 105 Å². The lowest BCUT2D eigenvalue weighted by atomic mass is 10.2. The molecule has 3 aromatic rings. The molecule has 0 unspecified atom stereocenters. The molecule has 0 fully saturated rings. The molecular weight excluding hydrogens is 472 g/mol. The van der Waals surface area contributed by atoms with Gasteiger partial charge in [0.1, 0.15) is 0 Å². The molecular formula is C32H42N4O2. The summed E-state index contributed by atoms with van der Waals surface area (Å²) in [6.07, 6.45) is 3.35. The number of benzene rings is 3. The lowest BCUT2D eigenvalue weighted by Crippen LogP contribution is -2.45. The van der Waals surface area contributed by atoms with Gasteiger partial charge in [0.25, 0.3) is 0 Å². The number of hydrogen-bond donors (Lipinski definition) is 0. The summed E-state index contributed by atoms with van der Waals surface area (Å²) in [5.41, 5.74) is 3.36. The van der Waals surface area contributed by atoms with Crippen LogP contribution in [0.3, 0.4) is 0 Å². The van der Waals surface area contributed by atoms with Gasteiger partial charge in [0.15, 0.2) is 0 Å². The number of anilines is 4. The molecule has 0 aliphatic rings. The highest BCUT2D eigenvalue weighted by atomic mass is 16.2. The summed E-state index contributed by atoms with van der Waals surface area (Å²) in [5.74, 6) is 0. The topological polar surface area (TPSA) is 47.1 Å². The van der Waals surface area contributed by atoms with E-state index in [2.05, 4.69) is 27.7 Å². The molecule has 0 aliphatic heterocycles. The molecule has 6 nitrogen and oxygen atoms in total. The molecule has 0 bridgehead atoms. The van der Waals surface area contributed by atoms with Crippen molar-refractivity contribution in [3.05, 3.63) is 84.9 Å². The average molecular weight is 515 g/mol. The number of amides is 4. The lowest BCUT2D eigenvalue weighted by molar-refractivity contribution is 0.251. The second-order valence-electron chi connectivity index (χ2n) is 9.36. The van der Waals surface area contributed by atoms with Crippen LogP contribution in [0.1, 0.15) is 53.4 Å². The molecule has 38 heavy (non-hydrogen) atoms. The van der Waals surface area contributed by atoms with Crippen LogP contribution in [0.25, 0.3) is 0 Å². The Labute approximate surface area is 228 Å². The van der Waals surface area contributed by atoms with E-state index in [0.717, 1.165) is 48.4 Å². The fourth-order valence-electron chi connectivity index (χ4n) is 4.57. The number of urea groups is 2. The minimum absolute atomic E-state index is 0.0534. The van der Waals surface area contributed by atoms with Crippen LogP contribution < -0.4 is 19.6 Å². The maximum Gasteiger partial charge on any atom is 0.328 e. The van der Waals surface area contributed by atoms with Gasteiger partial charge in [-0.2, -0.15) is 0 Å². The van der Waals surface area contributed by atoms with E-state index in [4.69, 9.17) is 0 Å². The minimum atomic E-state index is -0.0534. The van der Waals surface area contributed by atoms with Gasteiger partial charge in [-0.25, -0.2) is 9.59 Å². The highest BCUT2D eigenvalue weighted by molar-refractivity contribution is 6.06. The maximum atomic E-state index is 13.9. The van der Waals surface area contributed by atoms with E-state index >= 15 is 0 Å². The Hall–Kier alpha value is -3.80. The van der Waals surface area contributed by atoms with Crippen molar-refractivity contribution in [2.45, 2.75) is 53.4 Å². The number of nitrogens with zero attached hydrogens (tertiary/aromatic N) is 4. The Morgan fingerprint density at radius 1 is 0.447 bits per heavy atom. The maximum absolute atomic E-state index is 13.9. The molecule has 0 N–H and O–H groups in total. The fourth-order valence-corrected chi connectivity index (χ4v) is 4.57. The first kappa shape index (κ1) is 28.8. The highest BCUT2D eigenvalue weighted by Crippen LogP contribution is 2.28. The van der Waals surface area contributed by atoms with Gasteiger partial charge in [0.05, 0.1) is 0 Å². The molecule has 0 heterocycles.